The summed E-state index contributed by atoms with van der Waals surface area (Å²) in [6, 6.07) is 8.18. The van der Waals surface area contributed by atoms with Gasteiger partial charge in [-0.3, -0.25) is 4.79 Å². The number of fused-ring (bicyclic) bond motifs is 1. The van der Waals surface area contributed by atoms with Crippen LogP contribution in [0, 0.1) is 17.2 Å². The van der Waals surface area contributed by atoms with Crippen LogP contribution in [0.2, 0.25) is 0 Å². The quantitative estimate of drug-likeness (QED) is 0.821. The van der Waals surface area contributed by atoms with Crippen molar-refractivity contribution in [2.45, 2.75) is 26.2 Å². The average molecular weight is 214 g/mol. The maximum Gasteiger partial charge on any atom is 0.228 e. The lowest BCUT2D eigenvalue weighted by Gasteiger charge is -2.23. The standard InChI is InChI=1S/C13H14N2O/c1-2-9-3-4-12-11(7-9)8-10(5-6-14)13(16)15-12/h3-4,7,10H,2,5,8H2,1H3,(H,15,16). The van der Waals surface area contributed by atoms with E-state index in [1.165, 1.54) is 5.56 Å². The maximum absolute atomic E-state index is 11.6. The number of hydrogen-bond donors (Lipinski definition) is 1. The Labute approximate surface area is 95.1 Å². The first kappa shape index (κ1) is 10.7. The summed E-state index contributed by atoms with van der Waals surface area (Å²) in [6.45, 7) is 2.11. The number of benzene rings is 1. The summed E-state index contributed by atoms with van der Waals surface area (Å²) < 4.78 is 0. The average Bonchev–Trinajstić information content (AvgIpc) is 2.30. The van der Waals surface area contributed by atoms with E-state index in [0.29, 0.717) is 12.8 Å². The van der Waals surface area contributed by atoms with Gasteiger partial charge >= 0.3 is 0 Å². The summed E-state index contributed by atoms with van der Waals surface area (Å²) in [5, 5.41) is 11.5. The van der Waals surface area contributed by atoms with Gasteiger partial charge in [-0.25, -0.2) is 0 Å². The van der Waals surface area contributed by atoms with Crippen molar-refractivity contribution in [3.8, 4) is 6.07 Å². The number of nitrogens with zero attached hydrogens (tertiary/aromatic N) is 1. The molecule has 1 aliphatic heterocycles. The Morgan fingerprint density at radius 2 is 2.38 bits per heavy atom. The van der Waals surface area contributed by atoms with Gasteiger partial charge in [-0.1, -0.05) is 19.1 Å². The van der Waals surface area contributed by atoms with Crippen molar-refractivity contribution in [2.24, 2.45) is 5.92 Å². The summed E-state index contributed by atoms with van der Waals surface area (Å²) in [5.41, 5.74) is 3.32. The van der Waals surface area contributed by atoms with E-state index in [1.807, 2.05) is 12.1 Å². The van der Waals surface area contributed by atoms with Crippen molar-refractivity contribution >= 4 is 11.6 Å². The van der Waals surface area contributed by atoms with Crippen molar-refractivity contribution in [2.75, 3.05) is 5.32 Å². The molecule has 1 amide bonds. The third-order valence-corrected chi connectivity index (χ3v) is 3.01. The minimum Gasteiger partial charge on any atom is -0.326 e. The molecule has 82 valence electrons. The lowest BCUT2D eigenvalue weighted by Crippen LogP contribution is -2.29. The molecule has 2 rings (SSSR count). The molecular weight excluding hydrogens is 200 g/mol. The molecule has 16 heavy (non-hydrogen) atoms. The van der Waals surface area contributed by atoms with Crippen LogP contribution >= 0.6 is 0 Å². The normalized spacial score (nSPS) is 18.5. The smallest absolute Gasteiger partial charge is 0.228 e. The van der Waals surface area contributed by atoms with E-state index < -0.39 is 0 Å². The fraction of sp³-hybridized carbons (Fsp3) is 0.385. The molecule has 0 aromatic heterocycles. The summed E-state index contributed by atoms with van der Waals surface area (Å²) >= 11 is 0. The van der Waals surface area contributed by atoms with Crippen LogP contribution in [0.15, 0.2) is 18.2 Å². The third-order valence-electron chi connectivity index (χ3n) is 3.01. The molecule has 0 spiro atoms. The highest BCUT2D eigenvalue weighted by molar-refractivity contribution is 5.95. The molecule has 0 radical (unpaired) electrons. The summed E-state index contributed by atoms with van der Waals surface area (Å²) in [6.07, 6.45) is 1.97. The van der Waals surface area contributed by atoms with Crippen molar-refractivity contribution in [1.82, 2.24) is 0 Å². The number of amides is 1. The number of hydrogen-bond acceptors (Lipinski definition) is 2. The highest BCUT2D eigenvalue weighted by Crippen LogP contribution is 2.27. The van der Waals surface area contributed by atoms with Gasteiger partial charge in [0.15, 0.2) is 0 Å². The van der Waals surface area contributed by atoms with Crippen LogP contribution in [0.25, 0.3) is 0 Å². The summed E-state index contributed by atoms with van der Waals surface area (Å²) in [4.78, 5) is 11.6. The fourth-order valence-corrected chi connectivity index (χ4v) is 2.03. The van der Waals surface area contributed by atoms with E-state index in [0.717, 1.165) is 17.7 Å². The predicted molar refractivity (Wildman–Crippen MR) is 61.9 cm³/mol. The SMILES string of the molecule is CCc1ccc2c(c1)CC(CC#N)C(=O)N2. The molecule has 1 aliphatic rings. The zero-order chi connectivity index (χ0) is 11.5. The van der Waals surface area contributed by atoms with Crippen LogP contribution in [0.3, 0.4) is 0 Å². The first-order chi connectivity index (χ1) is 7.74. The second-order valence-corrected chi connectivity index (χ2v) is 4.10. The minimum absolute atomic E-state index is 0.0294. The molecule has 3 nitrogen and oxygen atoms in total. The first-order valence-corrected chi connectivity index (χ1v) is 5.54. The van der Waals surface area contributed by atoms with Gasteiger partial charge in [0.25, 0.3) is 0 Å². The van der Waals surface area contributed by atoms with E-state index in [-0.39, 0.29) is 11.8 Å². The Morgan fingerprint density at radius 3 is 3.06 bits per heavy atom. The van der Waals surface area contributed by atoms with E-state index in [1.54, 1.807) is 0 Å². The molecule has 3 heteroatoms. The molecule has 1 aromatic rings. The molecule has 0 saturated heterocycles. The van der Waals surface area contributed by atoms with Gasteiger partial charge in [0.05, 0.1) is 12.0 Å². The molecule has 1 unspecified atom stereocenters. The number of aryl methyl sites for hydroxylation is 1. The van der Waals surface area contributed by atoms with E-state index in [4.69, 9.17) is 5.26 Å². The molecule has 0 bridgehead atoms. The van der Waals surface area contributed by atoms with Gasteiger partial charge in [0.1, 0.15) is 0 Å². The van der Waals surface area contributed by atoms with Crippen LogP contribution in [0.5, 0.6) is 0 Å². The second kappa shape index (κ2) is 4.36. The van der Waals surface area contributed by atoms with E-state index in [9.17, 15) is 4.79 Å². The number of rotatable bonds is 2. The van der Waals surface area contributed by atoms with Crippen LogP contribution < -0.4 is 5.32 Å². The van der Waals surface area contributed by atoms with E-state index >= 15 is 0 Å². The molecule has 1 N–H and O–H groups in total. The third kappa shape index (κ3) is 1.92. The Morgan fingerprint density at radius 1 is 1.56 bits per heavy atom. The minimum atomic E-state index is -0.190. The number of carbonyl (C=O) groups excluding carboxylic acids is 1. The lowest BCUT2D eigenvalue weighted by atomic mass is 9.90. The number of nitriles is 1. The van der Waals surface area contributed by atoms with Crippen LogP contribution in [-0.4, -0.2) is 5.91 Å². The summed E-state index contributed by atoms with van der Waals surface area (Å²) in [5.74, 6) is -0.220. The van der Waals surface area contributed by atoms with Gasteiger partial charge < -0.3 is 5.32 Å². The van der Waals surface area contributed by atoms with Crippen LogP contribution in [0.4, 0.5) is 5.69 Å². The molecule has 0 fully saturated rings. The van der Waals surface area contributed by atoms with Crippen LogP contribution in [0.1, 0.15) is 24.5 Å². The summed E-state index contributed by atoms with van der Waals surface area (Å²) in [7, 11) is 0. The zero-order valence-electron chi connectivity index (χ0n) is 9.29. The Balaban J connectivity index is 2.29. The zero-order valence-corrected chi connectivity index (χ0v) is 9.29. The van der Waals surface area contributed by atoms with E-state index in [2.05, 4.69) is 24.4 Å². The Kier molecular flexibility index (Phi) is 2.91. The van der Waals surface area contributed by atoms with Gasteiger partial charge in [-0.2, -0.15) is 5.26 Å². The lowest BCUT2D eigenvalue weighted by molar-refractivity contribution is -0.120. The topological polar surface area (TPSA) is 52.9 Å². The van der Waals surface area contributed by atoms with Crippen molar-refractivity contribution in [3.63, 3.8) is 0 Å². The number of carbonyl (C=O) groups is 1. The molecule has 0 aliphatic carbocycles. The van der Waals surface area contributed by atoms with Crippen molar-refractivity contribution in [3.05, 3.63) is 29.3 Å². The largest absolute Gasteiger partial charge is 0.326 e. The maximum atomic E-state index is 11.6. The molecule has 1 aromatic carbocycles. The molecule has 1 heterocycles. The number of anilines is 1. The molecular formula is C13H14N2O. The van der Waals surface area contributed by atoms with Crippen LogP contribution in [-0.2, 0) is 17.6 Å². The van der Waals surface area contributed by atoms with Gasteiger partial charge in [-0.15, -0.1) is 0 Å². The highest BCUT2D eigenvalue weighted by Gasteiger charge is 2.25. The van der Waals surface area contributed by atoms with Gasteiger partial charge in [-0.05, 0) is 30.0 Å². The van der Waals surface area contributed by atoms with Gasteiger partial charge in [0, 0.05) is 12.1 Å². The predicted octanol–water partition coefficient (Wildman–Crippen LogP) is 2.27. The Hall–Kier alpha value is -1.82. The van der Waals surface area contributed by atoms with Gasteiger partial charge in [0.2, 0.25) is 5.91 Å². The monoisotopic (exact) mass is 214 g/mol. The fourth-order valence-electron chi connectivity index (χ4n) is 2.03. The second-order valence-electron chi connectivity index (χ2n) is 4.10. The number of nitrogens with one attached hydrogen (secondary N) is 1. The highest BCUT2D eigenvalue weighted by atomic mass is 16.1. The molecule has 0 saturated carbocycles. The van der Waals surface area contributed by atoms with Crippen molar-refractivity contribution in [1.29, 1.82) is 5.26 Å². The molecule has 1 atom stereocenters. The Bertz CT molecular complexity index is 459. The first-order valence-electron chi connectivity index (χ1n) is 5.54. The van der Waals surface area contributed by atoms with Crippen molar-refractivity contribution < 1.29 is 4.79 Å².